The van der Waals surface area contributed by atoms with Crippen molar-refractivity contribution >= 4 is 44.0 Å². The van der Waals surface area contributed by atoms with Gasteiger partial charge in [0.05, 0.1) is 40.8 Å². The van der Waals surface area contributed by atoms with Crippen molar-refractivity contribution < 1.29 is 26.3 Å². The molecule has 0 aliphatic carbocycles. The number of halogens is 5. The van der Waals surface area contributed by atoms with E-state index in [1.807, 2.05) is 43.3 Å². The molecule has 3 rings (SSSR count). The van der Waals surface area contributed by atoms with Crippen LogP contribution in [0.25, 0.3) is 0 Å². The standard InChI is InChI=1S/C20H16F3N3.2ClH.Fe/c1-14-2-6-16(7-3-14)24-12-18-10-11-19(26-18)13-25-17-8-4-15(5-9-17)20(21,22)23;;;/h2-13,26H,1H3;2*1H;/q;;;+2/p-2. The Morgan fingerprint density at radius 2 is 1.21 bits per heavy atom. The summed E-state index contributed by atoms with van der Waals surface area (Å²) in [6.07, 6.45) is -1.07. The van der Waals surface area contributed by atoms with Crippen molar-refractivity contribution in [2.24, 2.45) is 9.98 Å². The molecule has 0 fully saturated rings. The van der Waals surface area contributed by atoms with Crippen molar-refractivity contribution in [1.29, 1.82) is 0 Å². The minimum atomic E-state index is -4.34. The summed E-state index contributed by atoms with van der Waals surface area (Å²) in [6.45, 7) is 2.01. The first-order valence-electron chi connectivity index (χ1n) is 8.18. The summed E-state index contributed by atoms with van der Waals surface area (Å²) >= 11 is 0.194. The molecule has 154 valence electrons. The number of aliphatic imine (C=N–C) groups is 2. The molecule has 29 heavy (non-hydrogen) atoms. The number of alkyl halides is 3. The maximum absolute atomic E-state index is 12.5. The SMILES string of the molecule is Cc1ccc(N=Cc2ccc(C=Nc3ccc(C(F)(F)F)cc3)[nH]2)cc1.[Cl][Fe][Cl]. The molecule has 0 aliphatic heterocycles. The fourth-order valence-electron chi connectivity index (χ4n) is 2.24. The van der Waals surface area contributed by atoms with Crippen molar-refractivity contribution in [1.82, 2.24) is 4.98 Å². The molecule has 1 aromatic heterocycles. The Kier molecular flexibility index (Phi) is 8.98. The molecule has 0 spiro atoms. The molecule has 9 heteroatoms. The van der Waals surface area contributed by atoms with Crippen LogP contribution in [0.3, 0.4) is 0 Å². The number of hydrogen-bond acceptors (Lipinski definition) is 2. The summed E-state index contributed by atoms with van der Waals surface area (Å²) < 4.78 is 37.6. The summed E-state index contributed by atoms with van der Waals surface area (Å²) in [4.78, 5) is 11.7. The van der Waals surface area contributed by atoms with Gasteiger partial charge in [0, 0.05) is 0 Å². The Hall–Kier alpha value is -2.05. The molecule has 1 N–H and O–H groups in total. The van der Waals surface area contributed by atoms with Gasteiger partial charge in [-0.25, -0.2) is 0 Å². The number of benzene rings is 2. The molecule has 1 heterocycles. The van der Waals surface area contributed by atoms with Crippen LogP contribution >= 0.6 is 20.2 Å². The van der Waals surface area contributed by atoms with Crippen LogP contribution in [0.1, 0.15) is 22.5 Å². The molecule has 0 aliphatic rings. The van der Waals surface area contributed by atoms with Gasteiger partial charge in [-0.3, -0.25) is 9.98 Å². The van der Waals surface area contributed by atoms with E-state index in [-0.39, 0.29) is 13.1 Å². The summed E-state index contributed by atoms with van der Waals surface area (Å²) in [5.41, 5.74) is 3.32. The average molecular weight is 482 g/mol. The second-order valence-electron chi connectivity index (χ2n) is 5.82. The van der Waals surface area contributed by atoms with Crippen molar-refractivity contribution in [3.63, 3.8) is 0 Å². The van der Waals surface area contributed by atoms with E-state index in [0.29, 0.717) is 5.69 Å². The Morgan fingerprint density at radius 1 is 0.793 bits per heavy atom. The topological polar surface area (TPSA) is 40.5 Å². The van der Waals surface area contributed by atoms with Crippen LogP contribution in [0.5, 0.6) is 0 Å². The molecule has 0 saturated heterocycles. The van der Waals surface area contributed by atoms with Crippen LogP contribution in [-0.4, -0.2) is 17.4 Å². The van der Waals surface area contributed by atoms with Gasteiger partial charge in [0.15, 0.2) is 0 Å². The molecule has 3 aromatic rings. The third kappa shape index (κ3) is 8.07. The second-order valence-corrected chi connectivity index (χ2v) is 7.64. The van der Waals surface area contributed by atoms with Gasteiger partial charge in [-0.05, 0) is 55.5 Å². The summed E-state index contributed by atoms with van der Waals surface area (Å²) in [5.74, 6) is 0. The molecule has 0 unspecified atom stereocenters. The fraction of sp³-hybridized carbons (Fsp3) is 0.100. The van der Waals surface area contributed by atoms with E-state index in [1.54, 1.807) is 12.4 Å². The molecule has 0 bridgehead atoms. The average Bonchev–Trinajstić information content (AvgIpc) is 3.14. The zero-order valence-corrected chi connectivity index (χ0v) is 17.7. The molecule has 3 nitrogen and oxygen atoms in total. The third-order valence-corrected chi connectivity index (χ3v) is 3.67. The van der Waals surface area contributed by atoms with Crippen molar-refractivity contribution in [2.75, 3.05) is 0 Å². The van der Waals surface area contributed by atoms with Gasteiger partial charge in [0.25, 0.3) is 0 Å². The van der Waals surface area contributed by atoms with Crippen LogP contribution in [0.2, 0.25) is 0 Å². The zero-order valence-electron chi connectivity index (χ0n) is 15.1. The van der Waals surface area contributed by atoms with E-state index in [0.717, 1.165) is 29.2 Å². The summed E-state index contributed by atoms with van der Waals surface area (Å²) in [7, 11) is 9.53. The number of nitrogens with one attached hydrogen (secondary N) is 1. The number of nitrogens with zero attached hydrogens (tertiary/aromatic N) is 2. The fourth-order valence-corrected chi connectivity index (χ4v) is 2.24. The van der Waals surface area contributed by atoms with Gasteiger partial charge in [0.1, 0.15) is 0 Å². The summed E-state index contributed by atoms with van der Waals surface area (Å²) in [5, 5.41) is 0. The molecule has 0 atom stereocenters. The van der Waals surface area contributed by atoms with Gasteiger partial charge in [0.2, 0.25) is 0 Å². The Balaban J connectivity index is 0.000000941. The van der Waals surface area contributed by atoms with Crippen LogP contribution < -0.4 is 0 Å². The van der Waals surface area contributed by atoms with E-state index in [4.69, 9.17) is 20.2 Å². The quantitative estimate of drug-likeness (QED) is 0.302. The third-order valence-electron chi connectivity index (χ3n) is 3.67. The number of rotatable bonds is 4. The number of hydrogen-bond donors (Lipinski definition) is 1. The van der Waals surface area contributed by atoms with E-state index in [9.17, 15) is 13.2 Å². The Labute approximate surface area is 181 Å². The van der Waals surface area contributed by atoms with Crippen LogP contribution in [0, 0.1) is 6.92 Å². The van der Waals surface area contributed by atoms with Crippen molar-refractivity contribution in [3.05, 3.63) is 83.2 Å². The van der Waals surface area contributed by atoms with E-state index in [2.05, 4.69) is 15.0 Å². The Morgan fingerprint density at radius 3 is 1.62 bits per heavy atom. The minimum absolute atomic E-state index is 0.194. The number of aromatic amines is 1. The monoisotopic (exact) mass is 481 g/mol. The summed E-state index contributed by atoms with van der Waals surface area (Å²) in [6, 6.07) is 16.2. The van der Waals surface area contributed by atoms with Gasteiger partial charge in [-0.15, -0.1) is 0 Å². The molecule has 2 aromatic carbocycles. The predicted molar refractivity (Wildman–Crippen MR) is 110 cm³/mol. The van der Waals surface area contributed by atoms with Gasteiger partial charge < -0.3 is 4.98 Å². The molecule has 0 amide bonds. The number of aromatic nitrogens is 1. The molecule has 0 saturated carbocycles. The molecular formula is C20H16Cl2F3FeN3. The van der Waals surface area contributed by atoms with Gasteiger partial charge in [-0.2, -0.15) is 13.2 Å². The van der Waals surface area contributed by atoms with E-state index in [1.165, 1.54) is 17.7 Å². The molecule has 0 radical (unpaired) electrons. The number of H-pyrrole nitrogens is 1. The first kappa shape index (κ1) is 23.2. The maximum atomic E-state index is 12.5. The normalized spacial score (nSPS) is 11.8. The van der Waals surface area contributed by atoms with E-state index < -0.39 is 11.7 Å². The van der Waals surface area contributed by atoms with Crippen molar-refractivity contribution in [3.8, 4) is 0 Å². The predicted octanol–water partition coefficient (Wildman–Crippen LogP) is 7.22. The second kappa shape index (κ2) is 11.2. The first-order valence-corrected chi connectivity index (χ1v) is 11.2. The van der Waals surface area contributed by atoms with E-state index >= 15 is 0 Å². The van der Waals surface area contributed by atoms with Gasteiger partial charge >= 0.3 is 39.5 Å². The van der Waals surface area contributed by atoms with Crippen LogP contribution in [-0.2, 0) is 19.3 Å². The first-order chi connectivity index (χ1) is 13.8. The van der Waals surface area contributed by atoms with Crippen LogP contribution in [0.4, 0.5) is 24.5 Å². The zero-order chi connectivity index (χ0) is 21.3. The van der Waals surface area contributed by atoms with Crippen molar-refractivity contribution in [2.45, 2.75) is 13.1 Å². The molecular weight excluding hydrogens is 466 g/mol. The number of aryl methyl sites for hydroxylation is 1. The van der Waals surface area contributed by atoms with Gasteiger partial charge in [-0.1, -0.05) is 17.7 Å². The van der Waals surface area contributed by atoms with Crippen LogP contribution in [0.15, 0.2) is 70.6 Å². The Bertz CT molecular complexity index is 950.